The van der Waals surface area contributed by atoms with Crippen molar-refractivity contribution in [2.45, 2.75) is 39.2 Å². The number of hydrogen-bond acceptors (Lipinski definition) is 6. The summed E-state index contributed by atoms with van der Waals surface area (Å²) in [6, 6.07) is 5.64. The molecule has 1 saturated heterocycles. The molecule has 0 saturated carbocycles. The lowest BCUT2D eigenvalue weighted by atomic mass is 9.94. The number of hydrogen-bond donors (Lipinski definition) is 1. The first-order chi connectivity index (χ1) is 13.0. The molecule has 4 rings (SSSR count). The summed E-state index contributed by atoms with van der Waals surface area (Å²) in [4.78, 5) is 21.3. The first-order valence-corrected chi connectivity index (χ1v) is 9.25. The lowest BCUT2D eigenvalue weighted by Gasteiger charge is -2.31. The molecule has 0 spiro atoms. The summed E-state index contributed by atoms with van der Waals surface area (Å²) in [6.07, 6.45) is 2.08. The van der Waals surface area contributed by atoms with Gasteiger partial charge in [-0.1, -0.05) is 0 Å². The molecule has 0 bridgehead atoms. The van der Waals surface area contributed by atoms with E-state index in [9.17, 15) is 4.79 Å². The lowest BCUT2D eigenvalue weighted by molar-refractivity contribution is 0.182. The zero-order valence-corrected chi connectivity index (χ0v) is 15.9. The van der Waals surface area contributed by atoms with Gasteiger partial charge in [0.25, 0.3) is 11.4 Å². The van der Waals surface area contributed by atoms with Crippen molar-refractivity contribution in [2.24, 2.45) is 7.05 Å². The molecule has 0 radical (unpaired) electrons. The molecule has 1 N–H and O–H groups in total. The molecule has 4 heterocycles. The van der Waals surface area contributed by atoms with Crippen LogP contribution in [0.4, 0.5) is 0 Å². The van der Waals surface area contributed by atoms with Crippen molar-refractivity contribution in [2.75, 3.05) is 13.1 Å². The first kappa shape index (κ1) is 17.7. The Kier molecular flexibility index (Phi) is 4.65. The van der Waals surface area contributed by atoms with Crippen LogP contribution in [0, 0.1) is 13.8 Å². The van der Waals surface area contributed by atoms with Gasteiger partial charge in [-0.2, -0.15) is 0 Å². The van der Waals surface area contributed by atoms with E-state index in [1.54, 1.807) is 6.07 Å². The largest absolute Gasteiger partial charge is 0.418 e. The highest BCUT2D eigenvalue weighted by atomic mass is 16.4. The second-order valence-electron chi connectivity index (χ2n) is 7.25. The standard InChI is InChI=1S/C19H24N6O2/c1-12-6-7-16(24(12)3)19-23-22-18(27-19)11-25-8-4-5-14(10-25)15-9-17(26)21-13(2)20-15/h6-7,9,14H,4-5,8,10-11H2,1-3H3,(H,20,21,26). The van der Waals surface area contributed by atoms with Gasteiger partial charge < -0.3 is 14.0 Å². The van der Waals surface area contributed by atoms with E-state index in [4.69, 9.17) is 4.42 Å². The second-order valence-corrected chi connectivity index (χ2v) is 7.25. The average Bonchev–Trinajstić information content (AvgIpc) is 3.21. The number of likely N-dealkylation sites (tertiary alicyclic amines) is 1. The van der Waals surface area contributed by atoms with Crippen LogP contribution in [0.5, 0.6) is 0 Å². The molecular formula is C19H24N6O2. The minimum Gasteiger partial charge on any atom is -0.418 e. The van der Waals surface area contributed by atoms with E-state index in [1.807, 2.05) is 37.6 Å². The molecule has 8 nitrogen and oxygen atoms in total. The van der Waals surface area contributed by atoms with Crippen LogP contribution in [-0.2, 0) is 13.6 Å². The van der Waals surface area contributed by atoms with Gasteiger partial charge in [0, 0.05) is 31.3 Å². The summed E-state index contributed by atoms with van der Waals surface area (Å²) in [7, 11) is 1.99. The maximum absolute atomic E-state index is 11.7. The number of aromatic amines is 1. The van der Waals surface area contributed by atoms with Crippen molar-refractivity contribution in [3.05, 3.63) is 51.7 Å². The Hall–Kier alpha value is -2.74. The van der Waals surface area contributed by atoms with E-state index < -0.39 is 0 Å². The van der Waals surface area contributed by atoms with Crippen LogP contribution in [-0.4, -0.2) is 42.7 Å². The Labute approximate surface area is 157 Å². The average molecular weight is 368 g/mol. The fourth-order valence-corrected chi connectivity index (χ4v) is 3.69. The van der Waals surface area contributed by atoms with Crippen molar-refractivity contribution in [3.8, 4) is 11.6 Å². The van der Waals surface area contributed by atoms with Gasteiger partial charge in [-0.25, -0.2) is 4.98 Å². The number of H-pyrrole nitrogens is 1. The number of rotatable bonds is 4. The molecule has 3 aromatic rings. The SMILES string of the molecule is Cc1nc(C2CCCN(Cc3nnc(-c4ccc(C)n4C)o3)C2)cc(=O)[nH]1. The molecule has 0 aliphatic carbocycles. The van der Waals surface area contributed by atoms with Gasteiger partial charge in [0.1, 0.15) is 11.5 Å². The van der Waals surface area contributed by atoms with E-state index in [0.717, 1.165) is 43.0 Å². The number of aromatic nitrogens is 5. The number of nitrogens with one attached hydrogen (secondary N) is 1. The van der Waals surface area contributed by atoms with Gasteiger partial charge in [0.05, 0.1) is 12.2 Å². The first-order valence-electron chi connectivity index (χ1n) is 9.25. The third kappa shape index (κ3) is 3.71. The molecular weight excluding hydrogens is 344 g/mol. The monoisotopic (exact) mass is 368 g/mol. The van der Waals surface area contributed by atoms with Gasteiger partial charge in [0.2, 0.25) is 5.89 Å². The Balaban J connectivity index is 1.47. The van der Waals surface area contributed by atoms with Crippen LogP contribution in [0.15, 0.2) is 27.4 Å². The van der Waals surface area contributed by atoms with Crippen LogP contribution in [0.2, 0.25) is 0 Å². The summed E-state index contributed by atoms with van der Waals surface area (Å²) in [5.41, 5.74) is 2.84. The zero-order valence-electron chi connectivity index (χ0n) is 15.9. The van der Waals surface area contributed by atoms with Crippen molar-refractivity contribution in [3.63, 3.8) is 0 Å². The smallest absolute Gasteiger partial charge is 0.264 e. The lowest BCUT2D eigenvalue weighted by Crippen LogP contribution is -2.34. The van der Waals surface area contributed by atoms with E-state index >= 15 is 0 Å². The Morgan fingerprint density at radius 1 is 1.30 bits per heavy atom. The molecule has 1 unspecified atom stereocenters. The summed E-state index contributed by atoms with van der Waals surface area (Å²) >= 11 is 0. The molecule has 1 aliphatic rings. The number of aryl methyl sites for hydroxylation is 2. The summed E-state index contributed by atoms with van der Waals surface area (Å²) < 4.78 is 7.93. The Morgan fingerprint density at radius 3 is 2.89 bits per heavy atom. The van der Waals surface area contributed by atoms with Gasteiger partial charge in [0.15, 0.2) is 0 Å². The minimum atomic E-state index is -0.0889. The predicted molar refractivity (Wildman–Crippen MR) is 100 cm³/mol. The van der Waals surface area contributed by atoms with Gasteiger partial charge in [-0.3, -0.25) is 9.69 Å². The number of piperidine rings is 1. The molecule has 142 valence electrons. The van der Waals surface area contributed by atoms with Crippen LogP contribution in [0.25, 0.3) is 11.6 Å². The van der Waals surface area contributed by atoms with Crippen molar-refractivity contribution in [1.29, 1.82) is 0 Å². The molecule has 3 aromatic heterocycles. The van der Waals surface area contributed by atoms with Crippen molar-refractivity contribution < 1.29 is 4.42 Å². The van der Waals surface area contributed by atoms with E-state index in [0.29, 0.717) is 24.2 Å². The van der Waals surface area contributed by atoms with Crippen LogP contribution < -0.4 is 5.56 Å². The number of nitrogens with zero attached hydrogens (tertiary/aromatic N) is 5. The highest BCUT2D eigenvalue weighted by molar-refractivity contribution is 5.48. The third-order valence-corrected chi connectivity index (χ3v) is 5.22. The highest BCUT2D eigenvalue weighted by Crippen LogP contribution is 2.26. The molecule has 8 heteroatoms. The molecule has 1 fully saturated rings. The maximum Gasteiger partial charge on any atom is 0.264 e. The topological polar surface area (TPSA) is 92.8 Å². The van der Waals surface area contributed by atoms with Gasteiger partial charge in [-0.05, 0) is 45.4 Å². The molecule has 1 atom stereocenters. The Morgan fingerprint density at radius 2 is 2.15 bits per heavy atom. The van der Waals surface area contributed by atoms with Gasteiger partial charge >= 0.3 is 0 Å². The fourth-order valence-electron chi connectivity index (χ4n) is 3.69. The third-order valence-electron chi connectivity index (χ3n) is 5.22. The minimum absolute atomic E-state index is 0.0889. The predicted octanol–water partition coefficient (Wildman–Crippen LogP) is 2.15. The quantitative estimate of drug-likeness (QED) is 0.758. The summed E-state index contributed by atoms with van der Waals surface area (Å²) in [5, 5.41) is 8.43. The molecule has 1 aliphatic heterocycles. The summed E-state index contributed by atoms with van der Waals surface area (Å²) in [5.74, 6) is 2.06. The normalized spacial score (nSPS) is 18.1. The Bertz CT molecular complexity index is 1000. The van der Waals surface area contributed by atoms with Crippen LogP contribution >= 0.6 is 0 Å². The van der Waals surface area contributed by atoms with Crippen LogP contribution in [0.3, 0.4) is 0 Å². The van der Waals surface area contributed by atoms with Gasteiger partial charge in [-0.15, -0.1) is 10.2 Å². The molecule has 0 amide bonds. The highest BCUT2D eigenvalue weighted by Gasteiger charge is 2.24. The molecule has 0 aromatic carbocycles. The van der Waals surface area contributed by atoms with Crippen LogP contribution in [0.1, 0.15) is 41.9 Å². The fraction of sp³-hybridized carbons (Fsp3) is 0.474. The maximum atomic E-state index is 11.7. The second kappa shape index (κ2) is 7.11. The van der Waals surface area contributed by atoms with E-state index in [1.165, 1.54) is 0 Å². The van der Waals surface area contributed by atoms with E-state index in [-0.39, 0.29) is 11.5 Å². The van der Waals surface area contributed by atoms with Crippen molar-refractivity contribution >= 4 is 0 Å². The summed E-state index contributed by atoms with van der Waals surface area (Å²) in [6.45, 7) is 6.27. The zero-order chi connectivity index (χ0) is 19.0. The van der Waals surface area contributed by atoms with E-state index in [2.05, 4.69) is 25.1 Å². The molecule has 27 heavy (non-hydrogen) atoms. The van der Waals surface area contributed by atoms with Crippen molar-refractivity contribution in [1.82, 2.24) is 29.6 Å².